The minimum atomic E-state index is -3.75. The summed E-state index contributed by atoms with van der Waals surface area (Å²) in [5.41, 5.74) is 0.983. The number of rotatable bonds is 18. The lowest BCUT2D eigenvalue weighted by Gasteiger charge is -2.22. The van der Waals surface area contributed by atoms with E-state index in [1.807, 2.05) is 6.92 Å². The van der Waals surface area contributed by atoms with E-state index >= 15 is 0 Å². The summed E-state index contributed by atoms with van der Waals surface area (Å²) >= 11 is 0. The number of hydrogen-bond acceptors (Lipinski definition) is 9. The number of aryl methyl sites for hydroxylation is 1. The zero-order chi connectivity index (χ0) is 22.9. The van der Waals surface area contributed by atoms with E-state index in [1.165, 1.54) is 12.1 Å². The van der Waals surface area contributed by atoms with Crippen LogP contribution in [0.4, 0.5) is 0 Å². The van der Waals surface area contributed by atoms with Gasteiger partial charge >= 0.3 is 0 Å². The van der Waals surface area contributed by atoms with E-state index in [4.69, 9.17) is 32.6 Å². The van der Waals surface area contributed by atoms with Crippen LogP contribution in [0.5, 0.6) is 0 Å². The van der Waals surface area contributed by atoms with E-state index in [-0.39, 0.29) is 24.4 Å². The standard InChI is InChI=1S/C22H36O9S/c1-20-5-7-21(8-6-20)32(23,24)31-19-17-28-15-13-26-11-10-25-12-14-27-16-18-30-22-4-2-3-9-29-22/h5-8,22H,2-4,9-19H2,1H3. The molecule has 2 rings (SSSR count). The molecule has 1 unspecified atom stereocenters. The largest absolute Gasteiger partial charge is 0.377 e. The van der Waals surface area contributed by atoms with Crippen LogP contribution in [-0.2, 0) is 42.7 Å². The average molecular weight is 477 g/mol. The highest BCUT2D eigenvalue weighted by molar-refractivity contribution is 7.86. The number of benzene rings is 1. The Kier molecular flexibility index (Phi) is 14.0. The molecule has 10 heteroatoms. The van der Waals surface area contributed by atoms with Gasteiger partial charge in [-0.3, -0.25) is 4.18 Å². The van der Waals surface area contributed by atoms with Crippen LogP contribution < -0.4 is 0 Å². The van der Waals surface area contributed by atoms with Gasteiger partial charge in [-0.1, -0.05) is 17.7 Å². The fourth-order valence-electron chi connectivity index (χ4n) is 2.82. The van der Waals surface area contributed by atoms with Gasteiger partial charge in [0.15, 0.2) is 6.29 Å². The van der Waals surface area contributed by atoms with Crippen molar-refractivity contribution in [3.63, 3.8) is 0 Å². The molecule has 1 aromatic rings. The van der Waals surface area contributed by atoms with Crippen molar-refractivity contribution in [3.8, 4) is 0 Å². The molecule has 0 aliphatic carbocycles. The van der Waals surface area contributed by atoms with Crippen LogP contribution in [-0.4, -0.2) is 87.4 Å². The summed E-state index contributed by atoms with van der Waals surface area (Å²) in [5.74, 6) is 0. The fraction of sp³-hybridized carbons (Fsp3) is 0.727. The van der Waals surface area contributed by atoms with Gasteiger partial charge in [0.05, 0.1) is 71.0 Å². The SMILES string of the molecule is Cc1ccc(S(=O)(=O)OCCOCCOCCOCCOCCOC2CCCCO2)cc1. The first-order chi connectivity index (χ1) is 15.6. The highest BCUT2D eigenvalue weighted by Crippen LogP contribution is 2.14. The van der Waals surface area contributed by atoms with Crippen LogP contribution in [0.1, 0.15) is 24.8 Å². The third-order valence-electron chi connectivity index (χ3n) is 4.56. The molecule has 1 aliphatic heterocycles. The third-order valence-corrected chi connectivity index (χ3v) is 5.89. The molecule has 1 atom stereocenters. The van der Waals surface area contributed by atoms with Crippen molar-refractivity contribution in [1.29, 1.82) is 0 Å². The monoisotopic (exact) mass is 476 g/mol. The molecule has 0 aromatic heterocycles. The van der Waals surface area contributed by atoms with Crippen LogP contribution in [0.3, 0.4) is 0 Å². The van der Waals surface area contributed by atoms with E-state index in [1.54, 1.807) is 12.1 Å². The Morgan fingerprint density at radius 3 is 1.84 bits per heavy atom. The Balaban J connectivity index is 1.31. The van der Waals surface area contributed by atoms with E-state index in [0.29, 0.717) is 52.9 Å². The molecular weight excluding hydrogens is 440 g/mol. The zero-order valence-electron chi connectivity index (χ0n) is 18.9. The maximum Gasteiger partial charge on any atom is 0.297 e. The second kappa shape index (κ2) is 16.5. The highest BCUT2D eigenvalue weighted by atomic mass is 32.2. The van der Waals surface area contributed by atoms with Crippen LogP contribution in [0.2, 0.25) is 0 Å². The first-order valence-electron chi connectivity index (χ1n) is 11.1. The van der Waals surface area contributed by atoms with Gasteiger partial charge in [0.2, 0.25) is 0 Å². The predicted octanol–water partition coefficient (Wildman–Crippen LogP) is 2.31. The van der Waals surface area contributed by atoms with Crippen molar-refractivity contribution in [2.24, 2.45) is 0 Å². The maximum absolute atomic E-state index is 12.0. The summed E-state index contributed by atoms with van der Waals surface area (Å²) in [7, 11) is -3.75. The van der Waals surface area contributed by atoms with Crippen molar-refractivity contribution in [2.75, 3.05) is 72.7 Å². The van der Waals surface area contributed by atoms with Gasteiger partial charge in [-0.2, -0.15) is 8.42 Å². The lowest BCUT2D eigenvalue weighted by molar-refractivity contribution is -0.169. The first kappa shape index (κ1) is 27.1. The molecule has 1 saturated heterocycles. The molecule has 184 valence electrons. The predicted molar refractivity (Wildman–Crippen MR) is 117 cm³/mol. The minimum Gasteiger partial charge on any atom is -0.377 e. The first-order valence-corrected chi connectivity index (χ1v) is 12.5. The van der Waals surface area contributed by atoms with Gasteiger partial charge in [-0.15, -0.1) is 0 Å². The van der Waals surface area contributed by atoms with Gasteiger partial charge in [0.1, 0.15) is 0 Å². The zero-order valence-corrected chi connectivity index (χ0v) is 19.7. The summed E-state index contributed by atoms with van der Waals surface area (Å²) in [6.45, 7) is 6.49. The Morgan fingerprint density at radius 2 is 1.31 bits per heavy atom. The molecular formula is C22H36O9S. The second-order valence-electron chi connectivity index (χ2n) is 7.21. The van der Waals surface area contributed by atoms with E-state index < -0.39 is 10.1 Å². The smallest absolute Gasteiger partial charge is 0.297 e. The van der Waals surface area contributed by atoms with Crippen molar-refractivity contribution >= 4 is 10.1 Å². The highest BCUT2D eigenvalue weighted by Gasteiger charge is 2.14. The summed E-state index contributed by atoms with van der Waals surface area (Å²) < 4.78 is 61.6. The van der Waals surface area contributed by atoms with Crippen molar-refractivity contribution < 1.29 is 41.0 Å². The van der Waals surface area contributed by atoms with Gasteiger partial charge in [0.25, 0.3) is 10.1 Å². The maximum atomic E-state index is 12.0. The van der Waals surface area contributed by atoms with Crippen molar-refractivity contribution in [2.45, 2.75) is 37.4 Å². The molecule has 0 saturated carbocycles. The van der Waals surface area contributed by atoms with Crippen LogP contribution in [0.15, 0.2) is 29.2 Å². The normalized spacial score (nSPS) is 17.0. The fourth-order valence-corrected chi connectivity index (χ4v) is 3.71. The molecule has 0 N–H and O–H groups in total. The molecule has 1 aromatic carbocycles. The summed E-state index contributed by atoms with van der Waals surface area (Å²) in [5, 5.41) is 0. The lowest BCUT2D eigenvalue weighted by Crippen LogP contribution is -2.24. The Hall–Kier alpha value is -1.11. The van der Waals surface area contributed by atoms with Gasteiger partial charge in [0, 0.05) is 6.61 Å². The molecule has 1 heterocycles. The minimum absolute atomic E-state index is 0.0436. The Labute approximate surface area is 191 Å². The van der Waals surface area contributed by atoms with Crippen LogP contribution in [0.25, 0.3) is 0 Å². The molecule has 32 heavy (non-hydrogen) atoms. The molecule has 0 radical (unpaired) electrons. The van der Waals surface area contributed by atoms with Gasteiger partial charge in [-0.25, -0.2) is 0 Å². The van der Waals surface area contributed by atoms with Crippen LogP contribution in [0, 0.1) is 6.92 Å². The molecule has 1 fully saturated rings. The Morgan fingerprint density at radius 1 is 0.781 bits per heavy atom. The summed E-state index contributed by atoms with van der Waals surface area (Å²) in [4.78, 5) is 0.138. The van der Waals surface area contributed by atoms with E-state index in [0.717, 1.165) is 31.4 Å². The van der Waals surface area contributed by atoms with E-state index in [9.17, 15) is 8.42 Å². The van der Waals surface area contributed by atoms with Crippen LogP contribution >= 0.6 is 0 Å². The topological polar surface area (TPSA) is 98.8 Å². The average Bonchev–Trinajstić information content (AvgIpc) is 2.79. The molecule has 9 nitrogen and oxygen atoms in total. The van der Waals surface area contributed by atoms with Crippen molar-refractivity contribution in [3.05, 3.63) is 29.8 Å². The summed E-state index contributed by atoms with van der Waals surface area (Å²) in [6.07, 6.45) is 3.14. The molecule has 0 bridgehead atoms. The number of hydrogen-bond donors (Lipinski definition) is 0. The quantitative estimate of drug-likeness (QED) is 0.233. The van der Waals surface area contributed by atoms with Gasteiger partial charge < -0.3 is 28.4 Å². The Bertz CT molecular complexity index is 688. The van der Waals surface area contributed by atoms with Gasteiger partial charge in [-0.05, 0) is 38.3 Å². The molecule has 0 amide bonds. The second-order valence-corrected chi connectivity index (χ2v) is 8.82. The summed E-state index contributed by atoms with van der Waals surface area (Å²) in [6, 6.07) is 6.50. The van der Waals surface area contributed by atoms with Crippen molar-refractivity contribution in [1.82, 2.24) is 0 Å². The molecule has 0 spiro atoms. The molecule has 1 aliphatic rings. The lowest BCUT2D eigenvalue weighted by atomic mass is 10.2. The third kappa shape index (κ3) is 12.2. The number of ether oxygens (including phenoxy) is 6. The van der Waals surface area contributed by atoms with E-state index in [2.05, 4.69) is 0 Å².